The predicted molar refractivity (Wildman–Crippen MR) is 76.5 cm³/mol. The smallest absolute Gasteiger partial charge is 0.255 e. The first kappa shape index (κ1) is 15.3. The summed E-state index contributed by atoms with van der Waals surface area (Å²) in [5.74, 6) is 0.00616. The standard InChI is InChI=1S/C13H17ClN2O.ClH/c1-9-4-2-6-11(12(9)14)13(17)16-7-3-5-10(16)8-15;/h2,4,6,10H,3,5,7-8,15H2,1H3;1H. The Morgan fingerprint density at radius 1 is 1.56 bits per heavy atom. The summed E-state index contributed by atoms with van der Waals surface area (Å²) in [4.78, 5) is 14.2. The molecule has 2 rings (SSSR count). The lowest BCUT2D eigenvalue weighted by atomic mass is 10.1. The van der Waals surface area contributed by atoms with Crippen molar-refractivity contribution in [1.82, 2.24) is 4.90 Å². The van der Waals surface area contributed by atoms with E-state index in [9.17, 15) is 4.79 Å². The molecule has 1 fully saturated rings. The second kappa shape index (κ2) is 6.41. The second-order valence-corrected chi connectivity index (χ2v) is 4.84. The molecule has 0 bridgehead atoms. The topological polar surface area (TPSA) is 46.3 Å². The van der Waals surface area contributed by atoms with E-state index in [1.807, 2.05) is 24.0 Å². The molecule has 1 unspecified atom stereocenters. The van der Waals surface area contributed by atoms with E-state index in [0.717, 1.165) is 24.9 Å². The fourth-order valence-corrected chi connectivity index (χ4v) is 2.52. The van der Waals surface area contributed by atoms with Crippen LogP contribution in [0.3, 0.4) is 0 Å². The van der Waals surface area contributed by atoms with Crippen LogP contribution in [0.5, 0.6) is 0 Å². The van der Waals surface area contributed by atoms with Crippen LogP contribution in [-0.4, -0.2) is 29.9 Å². The van der Waals surface area contributed by atoms with Crippen molar-refractivity contribution in [3.63, 3.8) is 0 Å². The maximum atomic E-state index is 12.4. The number of likely N-dealkylation sites (tertiary alicyclic amines) is 1. The first-order chi connectivity index (χ1) is 8.15. The van der Waals surface area contributed by atoms with Crippen LogP contribution in [0.1, 0.15) is 28.8 Å². The van der Waals surface area contributed by atoms with Gasteiger partial charge in [-0.05, 0) is 31.4 Å². The van der Waals surface area contributed by atoms with Crippen molar-refractivity contribution >= 4 is 29.9 Å². The molecule has 0 radical (unpaired) electrons. The van der Waals surface area contributed by atoms with Crippen LogP contribution >= 0.6 is 24.0 Å². The molecule has 1 aliphatic rings. The second-order valence-electron chi connectivity index (χ2n) is 4.47. The zero-order valence-corrected chi connectivity index (χ0v) is 11.9. The minimum absolute atomic E-state index is 0. The lowest BCUT2D eigenvalue weighted by molar-refractivity contribution is 0.0741. The van der Waals surface area contributed by atoms with Crippen LogP contribution in [0.15, 0.2) is 18.2 Å². The molecule has 3 nitrogen and oxygen atoms in total. The molecule has 1 atom stereocenters. The van der Waals surface area contributed by atoms with E-state index in [1.54, 1.807) is 6.07 Å². The number of carbonyl (C=O) groups excluding carboxylic acids is 1. The summed E-state index contributed by atoms with van der Waals surface area (Å²) >= 11 is 6.18. The number of nitrogens with two attached hydrogens (primary N) is 1. The molecule has 5 heteroatoms. The molecular formula is C13H18Cl2N2O. The van der Waals surface area contributed by atoms with Gasteiger partial charge in [0.15, 0.2) is 0 Å². The van der Waals surface area contributed by atoms with Gasteiger partial charge >= 0.3 is 0 Å². The molecule has 1 aromatic carbocycles. The molecule has 0 saturated carbocycles. The van der Waals surface area contributed by atoms with E-state index in [-0.39, 0.29) is 24.4 Å². The van der Waals surface area contributed by atoms with Gasteiger partial charge in [-0.25, -0.2) is 0 Å². The average Bonchev–Trinajstić information content (AvgIpc) is 2.80. The van der Waals surface area contributed by atoms with E-state index in [2.05, 4.69) is 0 Å². The molecule has 0 spiro atoms. The fraction of sp³-hybridized carbons (Fsp3) is 0.462. The highest BCUT2D eigenvalue weighted by atomic mass is 35.5. The van der Waals surface area contributed by atoms with Crippen LogP contribution in [0.4, 0.5) is 0 Å². The molecule has 1 amide bonds. The van der Waals surface area contributed by atoms with Gasteiger partial charge in [-0.2, -0.15) is 0 Å². The van der Waals surface area contributed by atoms with Gasteiger partial charge in [0, 0.05) is 19.1 Å². The zero-order chi connectivity index (χ0) is 12.4. The highest BCUT2D eigenvalue weighted by Gasteiger charge is 2.29. The van der Waals surface area contributed by atoms with Crippen LogP contribution in [0.2, 0.25) is 5.02 Å². The van der Waals surface area contributed by atoms with Gasteiger partial charge in [0.05, 0.1) is 10.6 Å². The van der Waals surface area contributed by atoms with Crippen molar-refractivity contribution < 1.29 is 4.79 Å². The lowest BCUT2D eigenvalue weighted by Gasteiger charge is -2.24. The van der Waals surface area contributed by atoms with Crippen LogP contribution in [0, 0.1) is 6.92 Å². The van der Waals surface area contributed by atoms with E-state index < -0.39 is 0 Å². The third kappa shape index (κ3) is 2.79. The molecule has 1 saturated heterocycles. The first-order valence-corrected chi connectivity index (χ1v) is 6.29. The minimum atomic E-state index is 0. The Balaban J connectivity index is 0.00000162. The summed E-state index contributed by atoms with van der Waals surface area (Å²) in [6.45, 7) is 3.21. The molecular weight excluding hydrogens is 271 g/mol. The highest BCUT2D eigenvalue weighted by molar-refractivity contribution is 6.34. The summed E-state index contributed by atoms with van der Waals surface area (Å²) in [7, 11) is 0. The number of aryl methyl sites for hydroxylation is 1. The monoisotopic (exact) mass is 288 g/mol. The quantitative estimate of drug-likeness (QED) is 0.909. The lowest BCUT2D eigenvalue weighted by Crippen LogP contribution is -2.40. The number of hydrogen-bond acceptors (Lipinski definition) is 2. The van der Waals surface area contributed by atoms with Crippen molar-refractivity contribution in [2.24, 2.45) is 5.73 Å². The number of hydrogen-bond donors (Lipinski definition) is 1. The van der Waals surface area contributed by atoms with Gasteiger partial charge in [-0.1, -0.05) is 23.7 Å². The Hall–Kier alpha value is -0.770. The molecule has 1 aromatic rings. The number of benzene rings is 1. The van der Waals surface area contributed by atoms with Crippen molar-refractivity contribution in [2.45, 2.75) is 25.8 Å². The van der Waals surface area contributed by atoms with E-state index in [1.165, 1.54) is 0 Å². The normalized spacial score (nSPS) is 18.6. The number of nitrogens with zero attached hydrogens (tertiary/aromatic N) is 1. The summed E-state index contributed by atoms with van der Waals surface area (Å²) < 4.78 is 0. The molecule has 100 valence electrons. The Morgan fingerprint density at radius 2 is 2.28 bits per heavy atom. The van der Waals surface area contributed by atoms with Crippen molar-refractivity contribution in [3.05, 3.63) is 34.3 Å². The van der Waals surface area contributed by atoms with E-state index >= 15 is 0 Å². The fourth-order valence-electron chi connectivity index (χ4n) is 2.32. The third-order valence-corrected chi connectivity index (χ3v) is 3.83. The maximum Gasteiger partial charge on any atom is 0.255 e. The summed E-state index contributed by atoms with van der Waals surface area (Å²) in [5, 5.41) is 0.556. The van der Waals surface area contributed by atoms with Gasteiger partial charge in [0.2, 0.25) is 0 Å². The number of rotatable bonds is 2. The van der Waals surface area contributed by atoms with Crippen LogP contribution < -0.4 is 5.73 Å². The van der Waals surface area contributed by atoms with Gasteiger partial charge in [0.25, 0.3) is 5.91 Å². The molecule has 18 heavy (non-hydrogen) atoms. The SMILES string of the molecule is Cc1cccc(C(=O)N2CCCC2CN)c1Cl.Cl. The summed E-state index contributed by atoms with van der Waals surface area (Å²) in [6, 6.07) is 5.72. The third-order valence-electron chi connectivity index (χ3n) is 3.33. The molecule has 2 N–H and O–H groups in total. The van der Waals surface area contributed by atoms with E-state index in [4.69, 9.17) is 17.3 Å². The Morgan fingerprint density at radius 3 is 2.94 bits per heavy atom. The Labute approximate surface area is 119 Å². The number of halogens is 2. The van der Waals surface area contributed by atoms with Gasteiger partial charge in [-0.15, -0.1) is 12.4 Å². The predicted octanol–water partition coefficient (Wildman–Crippen LogP) is 2.63. The average molecular weight is 289 g/mol. The summed E-state index contributed by atoms with van der Waals surface area (Å²) in [5.41, 5.74) is 7.20. The zero-order valence-electron chi connectivity index (χ0n) is 10.4. The molecule has 1 aliphatic heterocycles. The number of carbonyl (C=O) groups is 1. The Kier molecular flexibility index (Phi) is 5.45. The minimum Gasteiger partial charge on any atom is -0.334 e. The van der Waals surface area contributed by atoms with Gasteiger partial charge in [0.1, 0.15) is 0 Å². The van der Waals surface area contributed by atoms with Crippen molar-refractivity contribution in [2.75, 3.05) is 13.1 Å². The van der Waals surface area contributed by atoms with Gasteiger partial charge < -0.3 is 10.6 Å². The van der Waals surface area contributed by atoms with Crippen molar-refractivity contribution in [3.8, 4) is 0 Å². The maximum absolute atomic E-state index is 12.4. The van der Waals surface area contributed by atoms with Crippen LogP contribution in [0.25, 0.3) is 0 Å². The Bertz CT molecular complexity index is 437. The number of amides is 1. The molecule has 0 aromatic heterocycles. The van der Waals surface area contributed by atoms with Crippen molar-refractivity contribution in [1.29, 1.82) is 0 Å². The largest absolute Gasteiger partial charge is 0.334 e. The first-order valence-electron chi connectivity index (χ1n) is 5.91. The van der Waals surface area contributed by atoms with Crippen LogP contribution in [-0.2, 0) is 0 Å². The highest BCUT2D eigenvalue weighted by Crippen LogP contribution is 2.25. The molecule has 0 aliphatic carbocycles. The van der Waals surface area contributed by atoms with E-state index in [0.29, 0.717) is 17.1 Å². The molecule has 1 heterocycles. The summed E-state index contributed by atoms with van der Waals surface area (Å²) in [6.07, 6.45) is 2.02. The van der Waals surface area contributed by atoms with Gasteiger partial charge in [-0.3, -0.25) is 4.79 Å².